The lowest BCUT2D eigenvalue weighted by molar-refractivity contribution is -0.152. The fraction of sp³-hybridized carbons (Fsp3) is 0.737. The van der Waals surface area contributed by atoms with Crippen molar-refractivity contribution in [1.29, 1.82) is 0 Å². The van der Waals surface area contributed by atoms with Crippen molar-refractivity contribution in [2.24, 2.45) is 22.7 Å². The van der Waals surface area contributed by atoms with Crippen LogP contribution >= 0.6 is 0 Å². The molecule has 4 bridgehead atoms. The van der Waals surface area contributed by atoms with Crippen molar-refractivity contribution in [3.05, 3.63) is 29.6 Å². The molecule has 5 rings (SSSR count). The summed E-state index contributed by atoms with van der Waals surface area (Å²) >= 11 is 0. The summed E-state index contributed by atoms with van der Waals surface area (Å²) in [7, 11) is 0. The first-order chi connectivity index (χ1) is 9.98. The molecule has 0 radical (unpaired) electrons. The first kappa shape index (κ1) is 13.8. The van der Waals surface area contributed by atoms with Crippen molar-refractivity contribution < 1.29 is 5.11 Å². The van der Waals surface area contributed by atoms with Crippen molar-refractivity contribution in [3.8, 4) is 0 Å². The highest BCUT2D eigenvalue weighted by atomic mass is 16.3. The van der Waals surface area contributed by atoms with Gasteiger partial charge >= 0.3 is 0 Å². The third-order valence-corrected chi connectivity index (χ3v) is 6.61. The van der Waals surface area contributed by atoms with Gasteiger partial charge in [-0.05, 0) is 79.7 Å². The van der Waals surface area contributed by atoms with Crippen LogP contribution in [0.1, 0.15) is 56.7 Å². The van der Waals surface area contributed by atoms with Gasteiger partial charge in [-0.3, -0.25) is 4.98 Å². The monoisotopic (exact) mass is 285 g/mol. The van der Waals surface area contributed by atoms with Crippen LogP contribution in [0.25, 0.3) is 0 Å². The number of aromatic nitrogens is 1. The van der Waals surface area contributed by atoms with Crippen LogP contribution in [0.5, 0.6) is 0 Å². The van der Waals surface area contributed by atoms with Crippen molar-refractivity contribution in [1.82, 2.24) is 4.98 Å². The van der Waals surface area contributed by atoms with Gasteiger partial charge in [-0.1, -0.05) is 13.0 Å². The maximum absolute atomic E-state index is 11.1. The molecule has 3 unspecified atom stereocenters. The molecule has 0 aromatic carbocycles. The van der Waals surface area contributed by atoms with Gasteiger partial charge in [-0.25, -0.2) is 0 Å². The van der Waals surface area contributed by atoms with E-state index in [1.165, 1.54) is 44.1 Å². The van der Waals surface area contributed by atoms with Gasteiger partial charge in [-0.15, -0.1) is 0 Å². The van der Waals surface area contributed by atoms with Gasteiger partial charge < -0.3 is 5.11 Å². The molecule has 0 aliphatic heterocycles. The Labute approximate surface area is 128 Å². The summed E-state index contributed by atoms with van der Waals surface area (Å²) in [6, 6.07) is 4.09. The van der Waals surface area contributed by atoms with E-state index < -0.39 is 0 Å². The lowest BCUT2D eigenvalue weighted by atomic mass is 9.43. The Hall–Kier alpha value is -0.890. The van der Waals surface area contributed by atoms with Gasteiger partial charge in [-0.2, -0.15) is 0 Å². The minimum atomic E-state index is -0.212. The predicted octanol–water partition coefficient (Wildman–Crippen LogP) is 3.90. The highest BCUT2D eigenvalue weighted by Gasteiger charge is 2.58. The molecule has 2 heteroatoms. The Morgan fingerprint density at radius 1 is 1.29 bits per heavy atom. The van der Waals surface area contributed by atoms with Crippen molar-refractivity contribution in [3.63, 3.8) is 0 Å². The quantitative estimate of drug-likeness (QED) is 0.913. The average Bonchev–Trinajstić information content (AvgIpc) is 2.38. The lowest BCUT2D eigenvalue weighted by Crippen LogP contribution is -2.55. The molecule has 21 heavy (non-hydrogen) atoms. The van der Waals surface area contributed by atoms with Crippen molar-refractivity contribution >= 4 is 0 Å². The van der Waals surface area contributed by atoms with Gasteiger partial charge in [0.1, 0.15) is 0 Å². The molecule has 4 fully saturated rings. The number of nitrogens with zero attached hydrogens (tertiary/aromatic N) is 1. The maximum atomic E-state index is 11.1. The second kappa shape index (κ2) is 4.55. The van der Waals surface area contributed by atoms with Crippen LogP contribution in [-0.2, 0) is 6.42 Å². The normalized spacial score (nSPS) is 42.2. The Balaban J connectivity index is 1.59. The summed E-state index contributed by atoms with van der Waals surface area (Å²) in [6.45, 7) is 4.58. The summed E-state index contributed by atoms with van der Waals surface area (Å²) in [4.78, 5) is 4.50. The van der Waals surface area contributed by atoms with Gasteiger partial charge in [0.15, 0.2) is 0 Å². The van der Waals surface area contributed by atoms with Crippen molar-refractivity contribution in [2.75, 3.05) is 0 Å². The number of hydrogen-bond donors (Lipinski definition) is 1. The van der Waals surface area contributed by atoms with Gasteiger partial charge in [0.05, 0.1) is 6.10 Å². The van der Waals surface area contributed by atoms with E-state index >= 15 is 0 Å². The number of pyridine rings is 1. The molecule has 1 heterocycles. The first-order valence-electron chi connectivity index (χ1n) is 8.57. The molecule has 0 amide bonds. The van der Waals surface area contributed by atoms with E-state index in [1.54, 1.807) is 0 Å². The van der Waals surface area contributed by atoms with Crippen LogP contribution in [0.4, 0.5) is 0 Å². The van der Waals surface area contributed by atoms with E-state index in [-0.39, 0.29) is 11.5 Å². The zero-order chi connectivity index (χ0) is 14.7. The maximum Gasteiger partial charge on any atom is 0.0652 e. The minimum absolute atomic E-state index is 0.183. The lowest BCUT2D eigenvalue weighted by Gasteiger charge is -2.62. The first-order valence-corrected chi connectivity index (χ1v) is 8.57. The second-order valence-corrected chi connectivity index (χ2v) is 8.62. The van der Waals surface area contributed by atoms with Crippen LogP contribution in [0.15, 0.2) is 18.3 Å². The Morgan fingerprint density at radius 2 is 2.00 bits per heavy atom. The van der Waals surface area contributed by atoms with Crippen LogP contribution in [0, 0.1) is 29.6 Å². The largest absolute Gasteiger partial charge is 0.392 e. The SMILES string of the molecule is Cc1cccnc1CC(O)C12CC3CC(CC(C)(C3)C1)C2. The van der Waals surface area contributed by atoms with E-state index in [2.05, 4.69) is 24.9 Å². The smallest absolute Gasteiger partial charge is 0.0652 e. The molecule has 4 aliphatic rings. The van der Waals surface area contributed by atoms with Crippen LogP contribution in [0.3, 0.4) is 0 Å². The Bertz CT molecular complexity index is 538. The number of aliphatic hydroxyl groups is 1. The highest BCUT2D eigenvalue weighted by Crippen LogP contribution is 2.66. The average molecular weight is 285 g/mol. The van der Waals surface area contributed by atoms with Crippen LogP contribution in [0.2, 0.25) is 0 Å². The number of aliphatic hydroxyl groups excluding tert-OH is 1. The van der Waals surface area contributed by atoms with Crippen LogP contribution < -0.4 is 0 Å². The van der Waals surface area contributed by atoms with E-state index in [9.17, 15) is 5.11 Å². The zero-order valence-corrected chi connectivity index (χ0v) is 13.3. The fourth-order valence-electron chi connectivity index (χ4n) is 6.32. The van der Waals surface area contributed by atoms with E-state index in [0.29, 0.717) is 5.41 Å². The molecule has 0 spiro atoms. The van der Waals surface area contributed by atoms with E-state index in [0.717, 1.165) is 24.0 Å². The molecule has 3 atom stereocenters. The summed E-state index contributed by atoms with van der Waals surface area (Å²) in [5.74, 6) is 1.74. The summed E-state index contributed by atoms with van der Waals surface area (Å²) in [5, 5.41) is 11.1. The molecule has 4 saturated carbocycles. The topological polar surface area (TPSA) is 33.1 Å². The number of hydrogen-bond acceptors (Lipinski definition) is 2. The predicted molar refractivity (Wildman–Crippen MR) is 83.9 cm³/mol. The standard InChI is InChI=1S/C19H27NO/c1-13-4-3-5-20-16(13)7-17(21)19-10-14-6-15(11-19)9-18(2,8-14)12-19/h3-5,14-15,17,21H,6-12H2,1-2H3. The molecule has 1 N–H and O–H groups in total. The molecule has 0 saturated heterocycles. The summed E-state index contributed by atoms with van der Waals surface area (Å²) in [6.07, 6.45) is 10.4. The molecular weight excluding hydrogens is 258 g/mol. The molecule has 114 valence electrons. The molecular formula is C19H27NO. The fourth-order valence-corrected chi connectivity index (χ4v) is 6.32. The van der Waals surface area contributed by atoms with Crippen molar-refractivity contribution in [2.45, 2.75) is 64.9 Å². The summed E-state index contributed by atoms with van der Waals surface area (Å²) < 4.78 is 0. The van der Waals surface area contributed by atoms with Gasteiger partial charge in [0, 0.05) is 18.3 Å². The molecule has 1 aromatic rings. The molecule has 1 aromatic heterocycles. The Kier molecular flexibility index (Phi) is 2.98. The number of aryl methyl sites for hydroxylation is 1. The second-order valence-electron chi connectivity index (χ2n) is 8.62. The minimum Gasteiger partial charge on any atom is -0.392 e. The highest BCUT2D eigenvalue weighted by molar-refractivity contribution is 5.20. The van der Waals surface area contributed by atoms with E-state index in [4.69, 9.17) is 0 Å². The van der Waals surface area contributed by atoms with E-state index in [1.807, 2.05) is 12.3 Å². The van der Waals surface area contributed by atoms with Crippen LogP contribution in [-0.4, -0.2) is 16.2 Å². The van der Waals surface area contributed by atoms with Gasteiger partial charge in [0.2, 0.25) is 0 Å². The number of rotatable bonds is 3. The summed E-state index contributed by atoms with van der Waals surface area (Å²) in [5.41, 5.74) is 2.99. The molecule has 4 aliphatic carbocycles. The third kappa shape index (κ3) is 2.23. The zero-order valence-electron chi connectivity index (χ0n) is 13.3. The Morgan fingerprint density at radius 3 is 2.62 bits per heavy atom. The van der Waals surface area contributed by atoms with Gasteiger partial charge in [0.25, 0.3) is 0 Å². The molecule has 2 nitrogen and oxygen atoms in total. The third-order valence-electron chi connectivity index (χ3n) is 6.61.